The van der Waals surface area contributed by atoms with Gasteiger partial charge in [-0.25, -0.2) is 0 Å². The van der Waals surface area contributed by atoms with E-state index in [1.165, 1.54) is 0 Å². The third-order valence-electron chi connectivity index (χ3n) is 3.82. The third-order valence-corrected chi connectivity index (χ3v) is 3.82. The quantitative estimate of drug-likeness (QED) is 0.617. The minimum absolute atomic E-state index is 0.190. The lowest BCUT2D eigenvalue weighted by molar-refractivity contribution is 0.102. The van der Waals surface area contributed by atoms with E-state index in [1.54, 1.807) is 37.4 Å². The molecule has 0 aliphatic heterocycles. The molecule has 2 heterocycles. The van der Waals surface area contributed by atoms with Gasteiger partial charge in [-0.3, -0.25) is 9.78 Å². The number of carbonyl (C=O) groups excluding carboxylic acids is 1. The van der Waals surface area contributed by atoms with Gasteiger partial charge in [-0.15, -0.1) is 0 Å². The summed E-state index contributed by atoms with van der Waals surface area (Å²) in [5.74, 6) is 0.815. The minimum atomic E-state index is -0.190. The van der Waals surface area contributed by atoms with Crippen molar-refractivity contribution in [1.29, 1.82) is 0 Å². The Morgan fingerprint density at radius 2 is 1.88 bits per heavy atom. The molecule has 122 valence electrons. The Labute approximate surface area is 143 Å². The van der Waals surface area contributed by atoms with Crippen LogP contribution in [-0.2, 0) is 0 Å². The van der Waals surface area contributed by atoms with Gasteiger partial charge in [-0.1, -0.05) is 11.2 Å². The Balaban J connectivity index is 1.58. The van der Waals surface area contributed by atoms with E-state index in [0.717, 1.165) is 22.2 Å². The van der Waals surface area contributed by atoms with E-state index in [1.807, 2.05) is 30.3 Å². The first-order valence-corrected chi connectivity index (χ1v) is 7.76. The zero-order chi connectivity index (χ0) is 17.2. The number of aromatic nitrogens is 3. The first kappa shape index (κ1) is 15.0. The molecular weight excluding hydrogens is 316 g/mol. The summed E-state index contributed by atoms with van der Waals surface area (Å²) in [6.07, 6.45) is 1.73. The highest BCUT2D eigenvalue weighted by molar-refractivity contribution is 6.08. The molecule has 0 spiro atoms. The highest BCUT2D eigenvalue weighted by Gasteiger charge is 2.11. The molecule has 0 saturated heterocycles. The van der Waals surface area contributed by atoms with Crippen LogP contribution in [0, 0.1) is 6.92 Å². The van der Waals surface area contributed by atoms with Gasteiger partial charge in [0, 0.05) is 22.7 Å². The summed E-state index contributed by atoms with van der Waals surface area (Å²) in [5.41, 5.74) is 2.88. The molecule has 6 heteroatoms. The van der Waals surface area contributed by atoms with Crippen molar-refractivity contribution in [3.8, 4) is 11.5 Å². The van der Waals surface area contributed by atoms with E-state index < -0.39 is 0 Å². The van der Waals surface area contributed by atoms with Crippen molar-refractivity contribution in [3.63, 3.8) is 0 Å². The fourth-order valence-corrected chi connectivity index (χ4v) is 2.59. The molecule has 4 aromatic rings. The van der Waals surface area contributed by atoms with Gasteiger partial charge in [0.1, 0.15) is 0 Å². The molecule has 0 saturated carbocycles. The zero-order valence-corrected chi connectivity index (χ0v) is 13.4. The number of nitrogens with zero attached hydrogens (tertiary/aromatic N) is 3. The molecule has 1 N–H and O–H groups in total. The Morgan fingerprint density at radius 3 is 2.64 bits per heavy atom. The first-order chi connectivity index (χ1) is 12.2. The second-order valence-corrected chi connectivity index (χ2v) is 5.55. The van der Waals surface area contributed by atoms with Gasteiger partial charge in [0.2, 0.25) is 0 Å². The van der Waals surface area contributed by atoms with Crippen molar-refractivity contribution >= 4 is 22.5 Å². The van der Waals surface area contributed by atoms with E-state index in [2.05, 4.69) is 20.4 Å². The molecule has 0 bridgehead atoms. The lowest BCUT2D eigenvalue weighted by Crippen LogP contribution is -2.12. The van der Waals surface area contributed by atoms with Crippen LogP contribution >= 0.6 is 0 Å². The van der Waals surface area contributed by atoms with Crippen LogP contribution < -0.4 is 5.32 Å². The molecule has 6 nitrogen and oxygen atoms in total. The molecule has 2 aromatic carbocycles. The van der Waals surface area contributed by atoms with Crippen molar-refractivity contribution in [3.05, 3.63) is 72.2 Å². The summed E-state index contributed by atoms with van der Waals surface area (Å²) < 4.78 is 5.13. The number of amides is 1. The molecule has 2 aromatic heterocycles. The summed E-state index contributed by atoms with van der Waals surface area (Å²) in [4.78, 5) is 21.0. The molecule has 25 heavy (non-hydrogen) atoms. The fourth-order valence-electron chi connectivity index (χ4n) is 2.59. The van der Waals surface area contributed by atoms with Crippen LogP contribution in [0.2, 0.25) is 0 Å². The molecule has 0 atom stereocenters. The molecule has 0 aliphatic rings. The van der Waals surface area contributed by atoms with Crippen molar-refractivity contribution in [2.75, 3.05) is 5.32 Å². The second-order valence-electron chi connectivity index (χ2n) is 5.55. The number of nitrogens with one attached hydrogen (secondary N) is 1. The van der Waals surface area contributed by atoms with E-state index in [-0.39, 0.29) is 5.91 Å². The molecule has 0 aliphatic carbocycles. The summed E-state index contributed by atoms with van der Waals surface area (Å²) in [6, 6.07) is 16.4. The van der Waals surface area contributed by atoms with Gasteiger partial charge in [0.05, 0.1) is 11.2 Å². The second kappa shape index (κ2) is 6.16. The summed E-state index contributed by atoms with van der Waals surface area (Å²) in [5, 5.41) is 7.60. The normalized spacial score (nSPS) is 10.8. The molecular formula is C19H14N4O2. The van der Waals surface area contributed by atoms with E-state index in [4.69, 9.17) is 4.52 Å². The predicted octanol–water partition coefficient (Wildman–Crippen LogP) is 3.85. The Kier molecular flexibility index (Phi) is 3.70. The number of hydrogen-bond donors (Lipinski definition) is 1. The number of hydrogen-bond acceptors (Lipinski definition) is 5. The first-order valence-electron chi connectivity index (χ1n) is 7.76. The molecule has 0 radical (unpaired) electrons. The smallest absolute Gasteiger partial charge is 0.257 e. The topological polar surface area (TPSA) is 80.9 Å². The number of pyridine rings is 1. The van der Waals surface area contributed by atoms with E-state index in [9.17, 15) is 4.79 Å². The average molecular weight is 330 g/mol. The molecule has 0 fully saturated rings. The van der Waals surface area contributed by atoms with Gasteiger partial charge in [-0.05, 0) is 55.5 Å². The van der Waals surface area contributed by atoms with Crippen molar-refractivity contribution < 1.29 is 9.32 Å². The Bertz CT molecular complexity index is 1050. The van der Waals surface area contributed by atoms with Crippen LogP contribution in [0.5, 0.6) is 0 Å². The number of benzene rings is 2. The maximum atomic E-state index is 12.5. The van der Waals surface area contributed by atoms with Gasteiger partial charge in [-0.2, -0.15) is 4.98 Å². The standard InChI is InChI=1S/C19H14N4O2/c1-12-21-19(25-23-12)14-9-7-13(8-10-14)18(24)22-17-6-2-5-16-15(17)4-3-11-20-16/h2-11H,1H3,(H,22,24). The highest BCUT2D eigenvalue weighted by atomic mass is 16.5. The minimum Gasteiger partial charge on any atom is -0.334 e. The monoisotopic (exact) mass is 330 g/mol. The predicted molar refractivity (Wildman–Crippen MR) is 94.2 cm³/mol. The largest absolute Gasteiger partial charge is 0.334 e. The third kappa shape index (κ3) is 2.97. The average Bonchev–Trinajstić information content (AvgIpc) is 3.08. The van der Waals surface area contributed by atoms with Crippen LogP contribution in [0.25, 0.3) is 22.4 Å². The molecule has 4 rings (SSSR count). The summed E-state index contributed by atoms with van der Waals surface area (Å²) >= 11 is 0. The van der Waals surface area contributed by atoms with Crippen LogP contribution in [0.4, 0.5) is 5.69 Å². The maximum Gasteiger partial charge on any atom is 0.257 e. The van der Waals surface area contributed by atoms with Gasteiger partial charge < -0.3 is 9.84 Å². The number of rotatable bonds is 3. The van der Waals surface area contributed by atoms with E-state index in [0.29, 0.717) is 17.3 Å². The Morgan fingerprint density at radius 1 is 1.04 bits per heavy atom. The fraction of sp³-hybridized carbons (Fsp3) is 0.0526. The molecule has 1 amide bonds. The molecule has 0 unspecified atom stereocenters. The van der Waals surface area contributed by atoms with Crippen molar-refractivity contribution in [2.24, 2.45) is 0 Å². The van der Waals surface area contributed by atoms with Crippen LogP contribution in [0.15, 0.2) is 65.3 Å². The van der Waals surface area contributed by atoms with Crippen LogP contribution in [0.1, 0.15) is 16.2 Å². The van der Waals surface area contributed by atoms with Gasteiger partial charge >= 0.3 is 0 Å². The van der Waals surface area contributed by atoms with Gasteiger partial charge in [0.25, 0.3) is 11.8 Å². The lowest BCUT2D eigenvalue weighted by atomic mass is 10.1. The SMILES string of the molecule is Cc1noc(-c2ccc(C(=O)Nc3cccc4ncccc34)cc2)n1. The van der Waals surface area contributed by atoms with E-state index >= 15 is 0 Å². The van der Waals surface area contributed by atoms with Gasteiger partial charge in [0.15, 0.2) is 5.82 Å². The maximum absolute atomic E-state index is 12.5. The number of carbonyl (C=O) groups is 1. The lowest BCUT2D eigenvalue weighted by Gasteiger charge is -2.08. The highest BCUT2D eigenvalue weighted by Crippen LogP contribution is 2.23. The number of fused-ring (bicyclic) bond motifs is 1. The summed E-state index contributed by atoms with van der Waals surface area (Å²) in [7, 11) is 0. The van der Waals surface area contributed by atoms with Crippen molar-refractivity contribution in [1.82, 2.24) is 15.1 Å². The van der Waals surface area contributed by atoms with Crippen LogP contribution in [-0.4, -0.2) is 21.0 Å². The summed E-state index contributed by atoms with van der Waals surface area (Å²) in [6.45, 7) is 1.76. The van der Waals surface area contributed by atoms with Crippen molar-refractivity contribution in [2.45, 2.75) is 6.92 Å². The number of aryl methyl sites for hydroxylation is 1. The Hall–Kier alpha value is -3.54. The van der Waals surface area contributed by atoms with Crippen LogP contribution in [0.3, 0.4) is 0 Å². The number of anilines is 1. The zero-order valence-electron chi connectivity index (χ0n) is 13.4.